The molecule has 3 aromatic rings. The number of hydrogen-bond acceptors (Lipinski definition) is 4. The number of nitrogens with zero attached hydrogens (tertiary/aromatic N) is 1. The molecule has 0 saturated heterocycles. The monoisotopic (exact) mass is 597 g/mol. The van der Waals surface area contributed by atoms with Crippen molar-refractivity contribution in [1.82, 2.24) is 0 Å². The average molecular weight is 597 g/mol. The van der Waals surface area contributed by atoms with Crippen molar-refractivity contribution in [3.8, 4) is 22.6 Å². The molecule has 0 unspecified atom stereocenters. The van der Waals surface area contributed by atoms with Gasteiger partial charge < -0.3 is 19.5 Å². The summed E-state index contributed by atoms with van der Waals surface area (Å²) in [6.07, 6.45) is -21.5. The molecule has 0 saturated carbocycles. The number of aliphatic hydroxyl groups is 1. The third-order valence-electron chi connectivity index (χ3n) is 6.38. The zero-order chi connectivity index (χ0) is 30.2. The summed E-state index contributed by atoms with van der Waals surface area (Å²) < 4.78 is 139. The molecule has 222 valence electrons. The first kappa shape index (κ1) is 30.3. The second-order valence-electron chi connectivity index (χ2n) is 9.18. The topological polar surface area (TPSA) is 41.9 Å². The predicted molar refractivity (Wildman–Crippen MR) is 127 cm³/mol. The number of β-amino-alcohol motifs (C(OH)–C–C–N with tert-alkyl or cyclic N) is 1. The Morgan fingerprint density at radius 1 is 0.829 bits per heavy atom. The number of ether oxygens (including phenoxy) is 2. The number of anilines is 1. The molecule has 2 atom stereocenters. The fourth-order valence-corrected chi connectivity index (χ4v) is 4.69. The number of alkyl halides is 10. The fraction of sp³-hybridized carbons (Fsp3) is 0.333. The van der Waals surface area contributed by atoms with Crippen LogP contribution in [-0.4, -0.2) is 42.8 Å². The summed E-state index contributed by atoms with van der Waals surface area (Å²) in [7, 11) is 0. The summed E-state index contributed by atoms with van der Waals surface area (Å²) in [6, 6.07) is 13.1. The molecule has 0 fully saturated rings. The van der Waals surface area contributed by atoms with E-state index in [1.807, 2.05) is 0 Å². The van der Waals surface area contributed by atoms with Crippen molar-refractivity contribution in [2.24, 2.45) is 0 Å². The highest BCUT2D eigenvalue weighted by molar-refractivity contribution is 5.76. The minimum atomic E-state index is -5.02. The molecule has 4 rings (SSSR count). The lowest BCUT2D eigenvalue weighted by Crippen LogP contribution is -2.44. The van der Waals surface area contributed by atoms with Crippen LogP contribution in [0.4, 0.5) is 49.6 Å². The van der Waals surface area contributed by atoms with Gasteiger partial charge in [0.2, 0.25) is 0 Å². The smallest absolute Gasteiger partial charge is 0.428 e. The SMILES string of the molecule is O[C@H](CN1c2cccc(-c3cccc(OC(F)(F)F)c3)c2CC[C@@H]1c1cccc(OC(F)(F)C(F)F)c1)C(F)(F)F. The maximum Gasteiger partial charge on any atom is 0.573 e. The van der Waals surface area contributed by atoms with Crippen LogP contribution < -0.4 is 14.4 Å². The van der Waals surface area contributed by atoms with E-state index in [2.05, 4.69) is 9.47 Å². The Bertz CT molecular complexity index is 1360. The summed E-state index contributed by atoms with van der Waals surface area (Å²) in [5.41, 5.74) is 1.49. The number of aliphatic hydroxyl groups excluding tert-OH is 1. The normalized spacial score (nSPS) is 16.9. The average Bonchev–Trinajstić information content (AvgIpc) is 2.87. The maximum atomic E-state index is 13.5. The third-order valence-corrected chi connectivity index (χ3v) is 6.38. The van der Waals surface area contributed by atoms with Crippen LogP contribution in [-0.2, 0) is 6.42 Å². The van der Waals surface area contributed by atoms with Crippen LogP contribution in [0.15, 0.2) is 66.7 Å². The molecule has 0 bridgehead atoms. The van der Waals surface area contributed by atoms with Crippen LogP contribution in [0, 0.1) is 0 Å². The van der Waals surface area contributed by atoms with Gasteiger partial charge >= 0.3 is 25.1 Å². The van der Waals surface area contributed by atoms with Gasteiger partial charge in [0.1, 0.15) is 11.5 Å². The first-order chi connectivity index (χ1) is 19.0. The number of halogens is 10. The summed E-state index contributed by atoms with van der Waals surface area (Å²) in [5, 5.41) is 9.93. The molecule has 1 N–H and O–H groups in total. The Labute approximate surface area is 226 Å². The van der Waals surface area contributed by atoms with Gasteiger partial charge in [0.05, 0.1) is 12.6 Å². The van der Waals surface area contributed by atoms with Gasteiger partial charge in [0.25, 0.3) is 0 Å². The van der Waals surface area contributed by atoms with Gasteiger partial charge in [-0.15, -0.1) is 13.2 Å². The van der Waals surface area contributed by atoms with Crippen molar-refractivity contribution in [3.05, 3.63) is 77.9 Å². The molecule has 0 aliphatic carbocycles. The second kappa shape index (κ2) is 11.3. The Hall–Kier alpha value is -3.68. The Morgan fingerprint density at radius 3 is 2.10 bits per heavy atom. The Kier molecular flexibility index (Phi) is 8.35. The van der Waals surface area contributed by atoms with E-state index in [0.717, 1.165) is 24.3 Å². The van der Waals surface area contributed by atoms with E-state index in [1.54, 1.807) is 6.07 Å². The van der Waals surface area contributed by atoms with Crippen LogP contribution in [0.2, 0.25) is 0 Å². The first-order valence-electron chi connectivity index (χ1n) is 12.0. The van der Waals surface area contributed by atoms with Crippen molar-refractivity contribution < 1.29 is 58.5 Å². The third kappa shape index (κ3) is 7.16. The van der Waals surface area contributed by atoms with Crippen molar-refractivity contribution in [3.63, 3.8) is 0 Å². The van der Waals surface area contributed by atoms with Crippen LogP contribution in [0.25, 0.3) is 11.1 Å². The standard InChI is InChI=1S/C27H21F10NO3/c28-24(29)26(33,34)40-17-6-2-5-16(13-17)21-11-10-20-19(15-4-1-7-18(12-15)41-27(35,36)37)8-3-9-22(20)38(21)14-23(39)25(30,31)32/h1-9,12-13,21,23-24,39H,10-11,14H2/t21-,23-/m1/s1. The first-order valence-corrected chi connectivity index (χ1v) is 12.0. The quantitative estimate of drug-likeness (QED) is 0.268. The van der Waals surface area contributed by atoms with Crippen LogP contribution in [0.3, 0.4) is 0 Å². The summed E-state index contributed by atoms with van der Waals surface area (Å²) in [6.45, 7) is -0.986. The molecule has 0 amide bonds. The van der Waals surface area contributed by atoms with Crippen molar-refractivity contribution in [2.45, 2.75) is 50.1 Å². The largest absolute Gasteiger partial charge is 0.573 e. The van der Waals surface area contributed by atoms with Gasteiger partial charge in [0.15, 0.2) is 6.10 Å². The molecule has 0 aromatic heterocycles. The van der Waals surface area contributed by atoms with Crippen molar-refractivity contribution >= 4 is 5.69 Å². The number of benzene rings is 3. The number of rotatable bonds is 8. The van der Waals surface area contributed by atoms with E-state index in [4.69, 9.17) is 0 Å². The molecular weight excluding hydrogens is 576 g/mol. The van der Waals surface area contributed by atoms with E-state index in [1.165, 1.54) is 41.3 Å². The molecule has 1 aliphatic heterocycles. The van der Waals surface area contributed by atoms with E-state index in [-0.39, 0.29) is 29.7 Å². The molecular formula is C27H21F10NO3. The van der Waals surface area contributed by atoms with E-state index in [0.29, 0.717) is 11.1 Å². The van der Waals surface area contributed by atoms with Crippen molar-refractivity contribution in [2.75, 3.05) is 11.4 Å². The minimum Gasteiger partial charge on any atom is -0.428 e. The molecule has 14 heteroatoms. The van der Waals surface area contributed by atoms with Gasteiger partial charge in [-0.2, -0.15) is 30.7 Å². The number of fused-ring (bicyclic) bond motifs is 1. The fourth-order valence-electron chi connectivity index (χ4n) is 4.69. The van der Waals surface area contributed by atoms with Gasteiger partial charge in [0, 0.05) is 5.69 Å². The lowest BCUT2D eigenvalue weighted by atomic mass is 9.86. The van der Waals surface area contributed by atoms with Crippen LogP contribution in [0.1, 0.15) is 23.6 Å². The lowest BCUT2D eigenvalue weighted by molar-refractivity contribution is -0.274. The van der Waals surface area contributed by atoms with Gasteiger partial charge in [-0.3, -0.25) is 0 Å². The molecule has 4 nitrogen and oxygen atoms in total. The van der Waals surface area contributed by atoms with Gasteiger partial charge in [-0.1, -0.05) is 36.4 Å². The lowest BCUT2D eigenvalue weighted by Gasteiger charge is -2.41. The minimum absolute atomic E-state index is 0.0715. The molecule has 3 aromatic carbocycles. The molecule has 0 radical (unpaired) electrons. The zero-order valence-corrected chi connectivity index (χ0v) is 20.7. The maximum absolute atomic E-state index is 13.5. The molecule has 1 aliphatic rings. The predicted octanol–water partition coefficient (Wildman–Crippen LogP) is 7.91. The van der Waals surface area contributed by atoms with Gasteiger partial charge in [-0.25, -0.2) is 0 Å². The van der Waals surface area contributed by atoms with E-state index >= 15 is 0 Å². The zero-order valence-electron chi connectivity index (χ0n) is 20.7. The molecule has 41 heavy (non-hydrogen) atoms. The van der Waals surface area contributed by atoms with E-state index < -0.39 is 55.3 Å². The molecule has 0 spiro atoms. The summed E-state index contributed by atoms with van der Waals surface area (Å²) in [4.78, 5) is 1.20. The highest BCUT2D eigenvalue weighted by atomic mass is 19.4. The van der Waals surface area contributed by atoms with Gasteiger partial charge in [-0.05, 0) is 65.4 Å². The highest BCUT2D eigenvalue weighted by Gasteiger charge is 2.45. The second-order valence-corrected chi connectivity index (χ2v) is 9.18. The summed E-state index contributed by atoms with van der Waals surface area (Å²) >= 11 is 0. The van der Waals surface area contributed by atoms with E-state index in [9.17, 15) is 49.0 Å². The van der Waals surface area contributed by atoms with Crippen LogP contribution in [0.5, 0.6) is 11.5 Å². The van der Waals surface area contributed by atoms with Crippen LogP contribution >= 0.6 is 0 Å². The molecule has 1 heterocycles. The van der Waals surface area contributed by atoms with Crippen molar-refractivity contribution in [1.29, 1.82) is 0 Å². The highest BCUT2D eigenvalue weighted by Crippen LogP contribution is 2.44. The number of hydrogen-bond donors (Lipinski definition) is 1. The Balaban J connectivity index is 1.76. The Morgan fingerprint density at radius 2 is 1.46 bits per heavy atom. The summed E-state index contributed by atoms with van der Waals surface area (Å²) in [5.74, 6) is -1.16.